The van der Waals surface area contributed by atoms with E-state index in [-0.39, 0.29) is 17.6 Å². The van der Waals surface area contributed by atoms with E-state index in [1.54, 1.807) is 18.3 Å². The van der Waals surface area contributed by atoms with Crippen LogP contribution in [0.3, 0.4) is 0 Å². The highest BCUT2D eigenvalue weighted by Crippen LogP contribution is 2.29. The van der Waals surface area contributed by atoms with Crippen molar-refractivity contribution in [1.82, 2.24) is 10.3 Å². The molecule has 1 aromatic heterocycles. The van der Waals surface area contributed by atoms with E-state index in [1.807, 2.05) is 6.07 Å². The van der Waals surface area contributed by atoms with Gasteiger partial charge < -0.3 is 15.4 Å². The normalized spacial score (nSPS) is 19.9. The first-order chi connectivity index (χ1) is 8.27. The van der Waals surface area contributed by atoms with Gasteiger partial charge in [0.25, 0.3) is 0 Å². The molecule has 4 heteroatoms. The predicted octanol–water partition coefficient (Wildman–Crippen LogP) is 1.81. The van der Waals surface area contributed by atoms with E-state index in [2.05, 4.69) is 10.3 Å². The molecule has 1 aliphatic heterocycles. The summed E-state index contributed by atoms with van der Waals surface area (Å²) in [4.78, 5) is 15.3. The van der Waals surface area contributed by atoms with E-state index in [1.165, 1.54) is 0 Å². The number of hydrogen-bond donors (Lipinski definition) is 3. The van der Waals surface area contributed by atoms with Crippen LogP contribution in [0.5, 0.6) is 5.75 Å². The Morgan fingerprint density at radius 3 is 3.06 bits per heavy atom. The number of nitrogens with one attached hydrogen (secondary N) is 2. The van der Waals surface area contributed by atoms with Gasteiger partial charge in [0, 0.05) is 17.3 Å². The molecule has 1 aromatic carbocycles. The van der Waals surface area contributed by atoms with Crippen molar-refractivity contribution in [3.8, 4) is 5.75 Å². The number of carbonyl (C=O) groups is 1. The SMILES string of the molecule is O=C(c1c[nH]c2cccc(O)c12)[C@@H]1CCCN1. The molecule has 0 unspecified atom stereocenters. The predicted molar refractivity (Wildman–Crippen MR) is 65.3 cm³/mol. The van der Waals surface area contributed by atoms with Gasteiger partial charge in [-0.2, -0.15) is 0 Å². The number of aromatic hydroxyl groups is 1. The number of aromatic amines is 1. The van der Waals surface area contributed by atoms with Crippen molar-refractivity contribution in [3.63, 3.8) is 0 Å². The summed E-state index contributed by atoms with van der Waals surface area (Å²) < 4.78 is 0. The molecule has 4 nitrogen and oxygen atoms in total. The molecular weight excluding hydrogens is 216 g/mol. The topological polar surface area (TPSA) is 65.1 Å². The van der Waals surface area contributed by atoms with Crippen molar-refractivity contribution in [1.29, 1.82) is 0 Å². The number of phenols is 1. The highest BCUT2D eigenvalue weighted by atomic mass is 16.3. The van der Waals surface area contributed by atoms with Crippen molar-refractivity contribution in [2.24, 2.45) is 0 Å². The minimum atomic E-state index is -0.103. The van der Waals surface area contributed by atoms with Crippen LogP contribution >= 0.6 is 0 Å². The zero-order chi connectivity index (χ0) is 11.8. The number of carbonyl (C=O) groups excluding carboxylic acids is 1. The van der Waals surface area contributed by atoms with E-state index in [9.17, 15) is 9.90 Å². The lowest BCUT2D eigenvalue weighted by Gasteiger charge is -2.08. The molecule has 0 aliphatic carbocycles. The number of rotatable bonds is 2. The summed E-state index contributed by atoms with van der Waals surface area (Å²) in [6, 6.07) is 5.12. The molecule has 1 saturated heterocycles. The molecule has 17 heavy (non-hydrogen) atoms. The molecule has 0 spiro atoms. The quantitative estimate of drug-likeness (QED) is 0.689. The fourth-order valence-corrected chi connectivity index (χ4v) is 2.46. The Bertz CT molecular complexity index is 568. The summed E-state index contributed by atoms with van der Waals surface area (Å²) in [6.07, 6.45) is 3.59. The van der Waals surface area contributed by atoms with Gasteiger partial charge in [0.15, 0.2) is 5.78 Å². The summed E-state index contributed by atoms with van der Waals surface area (Å²) in [5.41, 5.74) is 1.38. The Hall–Kier alpha value is -1.81. The smallest absolute Gasteiger partial charge is 0.182 e. The van der Waals surface area contributed by atoms with Gasteiger partial charge in [0.2, 0.25) is 0 Å². The number of fused-ring (bicyclic) bond motifs is 1. The minimum Gasteiger partial charge on any atom is -0.507 e. The zero-order valence-corrected chi connectivity index (χ0v) is 9.36. The summed E-state index contributed by atoms with van der Waals surface area (Å²) >= 11 is 0. The molecule has 3 N–H and O–H groups in total. The third kappa shape index (κ3) is 1.61. The van der Waals surface area contributed by atoms with Crippen LogP contribution in [0.4, 0.5) is 0 Å². The Morgan fingerprint density at radius 1 is 1.41 bits per heavy atom. The van der Waals surface area contributed by atoms with Crippen molar-refractivity contribution < 1.29 is 9.90 Å². The summed E-state index contributed by atoms with van der Waals surface area (Å²) in [5.74, 6) is 0.223. The second-order valence-electron chi connectivity index (χ2n) is 4.42. The zero-order valence-electron chi connectivity index (χ0n) is 9.36. The standard InChI is InChI=1S/C13H14N2O2/c16-11-5-1-3-9-12(11)8(7-15-9)13(17)10-4-2-6-14-10/h1,3,5,7,10,14-16H,2,4,6H2/t10-/m0/s1. The second kappa shape index (κ2) is 3.89. The van der Waals surface area contributed by atoms with Gasteiger partial charge in [-0.05, 0) is 31.5 Å². The monoisotopic (exact) mass is 230 g/mol. The summed E-state index contributed by atoms with van der Waals surface area (Å²) in [6.45, 7) is 0.894. The highest BCUT2D eigenvalue weighted by molar-refractivity contribution is 6.12. The van der Waals surface area contributed by atoms with E-state index >= 15 is 0 Å². The fourth-order valence-electron chi connectivity index (χ4n) is 2.46. The summed E-state index contributed by atoms with van der Waals surface area (Å²) in [7, 11) is 0. The maximum atomic E-state index is 12.3. The van der Waals surface area contributed by atoms with E-state index < -0.39 is 0 Å². The van der Waals surface area contributed by atoms with E-state index in [4.69, 9.17) is 0 Å². The third-order valence-electron chi connectivity index (χ3n) is 3.33. The lowest BCUT2D eigenvalue weighted by Crippen LogP contribution is -2.30. The molecule has 2 heterocycles. The molecule has 0 bridgehead atoms. The van der Waals surface area contributed by atoms with Crippen LogP contribution in [0.1, 0.15) is 23.2 Å². The molecule has 0 saturated carbocycles. The molecule has 1 atom stereocenters. The van der Waals surface area contributed by atoms with Crippen LogP contribution in [-0.4, -0.2) is 28.5 Å². The molecular formula is C13H14N2O2. The second-order valence-corrected chi connectivity index (χ2v) is 4.42. The van der Waals surface area contributed by atoms with Gasteiger partial charge >= 0.3 is 0 Å². The van der Waals surface area contributed by atoms with Crippen molar-refractivity contribution in [2.75, 3.05) is 6.54 Å². The first-order valence-electron chi connectivity index (χ1n) is 5.84. The van der Waals surface area contributed by atoms with Crippen molar-refractivity contribution >= 4 is 16.7 Å². The molecule has 1 fully saturated rings. The van der Waals surface area contributed by atoms with Gasteiger partial charge in [0.1, 0.15) is 5.75 Å². The molecule has 3 rings (SSSR count). The van der Waals surface area contributed by atoms with E-state index in [0.29, 0.717) is 10.9 Å². The Morgan fingerprint density at radius 2 is 2.29 bits per heavy atom. The largest absolute Gasteiger partial charge is 0.507 e. The fraction of sp³-hybridized carbons (Fsp3) is 0.308. The number of hydrogen-bond acceptors (Lipinski definition) is 3. The van der Waals surface area contributed by atoms with Crippen LogP contribution < -0.4 is 5.32 Å². The van der Waals surface area contributed by atoms with Crippen LogP contribution in [-0.2, 0) is 0 Å². The van der Waals surface area contributed by atoms with Gasteiger partial charge in [-0.1, -0.05) is 6.07 Å². The van der Waals surface area contributed by atoms with Gasteiger partial charge in [-0.15, -0.1) is 0 Å². The number of ketones is 1. The first kappa shape index (κ1) is 10.4. The third-order valence-corrected chi connectivity index (χ3v) is 3.33. The lowest BCUT2D eigenvalue weighted by atomic mass is 10.0. The molecule has 0 amide bonds. The molecule has 2 aromatic rings. The molecule has 1 aliphatic rings. The van der Waals surface area contributed by atoms with Crippen LogP contribution in [0.2, 0.25) is 0 Å². The molecule has 0 radical (unpaired) electrons. The van der Waals surface area contributed by atoms with Gasteiger partial charge in [0.05, 0.1) is 11.4 Å². The van der Waals surface area contributed by atoms with Gasteiger partial charge in [-0.3, -0.25) is 4.79 Å². The van der Waals surface area contributed by atoms with Gasteiger partial charge in [-0.25, -0.2) is 0 Å². The average molecular weight is 230 g/mol. The Balaban J connectivity index is 2.08. The van der Waals surface area contributed by atoms with E-state index in [0.717, 1.165) is 24.9 Å². The number of H-pyrrole nitrogens is 1. The van der Waals surface area contributed by atoms with Crippen LogP contribution in [0, 0.1) is 0 Å². The van der Waals surface area contributed by atoms with Crippen molar-refractivity contribution in [2.45, 2.75) is 18.9 Å². The summed E-state index contributed by atoms with van der Waals surface area (Å²) in [5, 5.41) is 13.7. The Kier molecular flexibility index (Phi) is 2.37. The lowest BCUT2D eigenvalue weighted by molar-refractivity contribution is 0.0954. The van der Waals surface area contributed by atoms with Crippen molar-refractivity contribution in [3.05, 3.63) is 30.0 Å². The number of benzene rings is 1. The number of phenolic OH excluding ortho intramolecular Hbond substituents is 1. The average Bonchev–Trinajstić information content (AvgIpc) is 2.98. The Labute approximate surface area is 98.6 Å². The van der Waals surface area contributed by atoms with Crippen LogP contribution in [0.25, 0.3) is 10.9 Å². The number of aromatic nitrogens is 1. The highest BCUT2D eigenvalue weighted by Gasteiger charge is 2.25. The number of Topliss-reactive ketones (excluding diaryl/α,β-unsaturated/α-hetero) is 1. The maximum Gasteiger partial charge on any atom is 0.182 e. The van der Waals surface area contributed by atoms with Crippen LogP contribution in [0.15, 0.2) is 24.4 Å². The maximum absolute atomic E-state index is 12.3. The first-order valence-corrected chi connectivity index (χ1v) is 5.84. The minimum absolute atomic E-state index is 0.0650. The molecule has 88 valence electrons.